The molecule has 2 amide bonds. The molecule has 0 bridgehead atoms. The quantitative estimate of drug-likeness (QED) is 0.632. The Bertz CT molecular complexity index is 1240. The summed E-state index contributed by atoms with van der Waals surface area (Å²) in [5.41, 5.74) is 8.13. The third kappa shape index (κ3) is 3.74. The molecule has 3 aromatic rings. The van der Waals surface area contributed by atoms with Gasteiger partial charge >= 0.3 is 6.03 Å². The van der Waals surface area contributed by atoms with Crippen LogP contribution in [0, 0.1) is 6.92 Å². The van der Waals surface area contributed by atoms with Crippen LogP contribution in [0.3, 0.4) is 0 Å². The van der Waals surface area contributed by atoms with Gasteiger partial charge in [0.15, 0.2) is 0 Å². The van der Waals surface area contributed by atoms with Gasteiger partial charge in [0, 0.05) is 55.2 Å². The Hall–Kier alpha value is -3.32. The second-order valence-corrected chi connectivity index (χ2v) is 9.86. The summed E-state index contributed by atoms with van der Waals surface area (Å²) in [7, 11) is 2.13. The van der Waals surface area contributed by atoms with E-state index in [0.717, 1.165) is 60.8 Å². The van der Waals surface area contributed by atoms with Crippen molar-refractivity contribution in [3.8, 4) is 17.0 Å². The SMILES string of the molecule is Cc1ccccc1[C@@H]1CN(C)C[C@H]1NC(=O)N1CCc2[nH]nc(-c3ccc4c(c3)CCO4)c2C1. The van der Waals surface area contributed by atoms with Crippen molar-refractivity contribution in [2.45, 2.75) is 38.3 Å². The predicted molar refractivity (Wildman–Crippen MR) is 131 cm³/mol. The number of aromatic nitrogens is 2. The summed E-state index contributed by atoms with van der Waals surface area (Å²) in [5, 5.41) is 11.2. The molecule has 7 nitrogen and oxygen atoms in total. The number of likely N-dealkylation sites (tertiary alicyclic amines) is 1. The molecule has 2 atom stereocenters. The molecule has 4 heterocycles. The molecule has 0 unspecified atom stereocenters. The average molecular weight is 458 g/mol. The molecule has 176 valence electrons. The van der Waals surface area contributed by atoms with Gasteiger partial charge in [-0.05, 0) is 48.9 Å². The minimum Gasteiger partial charge on any atom is -0.493 e. The maximum absolute atomic E-state index is 13.4. The van der Waals surface area contributed by atoms with Crippen molar-refractivity contribution in [2.75, 3.05) is 33.3 Å². The number of amides is 2. The Morgan fingerprint density at radius 3 is 2.94 bits per heavy atom. The molecule has 0 radical (unpaired) electrons. The molecule has 6 rings (SSSR count). The minimum atomic E-state index is 0.0130. The van der Waals surface area contributed by atoms with Crippen LogP contribution < -0.4 is 10.1 Å². The summed E-state index contributed by atoms with van der Waals surface area (Å²) >= 11 is 0. The van der Waals surface area contributed by atoms with Crippen LogP contribution in [0.5, 0.6) is 5.75 Å². The number of hydrogen-bond donors (Lipinski definition) is 2. The molecule has 1 aromatic heterocycles. The van der Waals surface area contributed by atoms with Gasteiger partial charge in [0.05, 0.1) is 24.9 Å². The summed E-state index contributed by atoms with van der Waals surface area (Å²) in [6, 6.07) is 14.9. The molecule has 34 heavy (non-hydrogen) atoms. The molecule has 2 N–H and O–H groups in total. The van der Waals surface area contributed by atoms with Crippen molar-refractivity contribution >= 4 is 6.03 Å². The number of aromatic amines is 1. The highest BCUT2D eigenvalue weighted by Crippen LogP contribution is 2.34. The van der Waals surface area contributed by atoms with Crippen LogP contribution in [-0.2, 0) is 19.4 Å². The summed E-state index contributed by atoms with van der Waals surface area (Å²) < 4.78 is 5.66. The topological polar surface area (TPSA) is 73.5 Å². The van der Waals surface area contributed by atoms with E-state index in [2.05, 4.69) is 70.8 Å². The van der Waals surface area contributed by atoms with Gasteiger partial charge in [-0.25, -0.2) is 4.79 Å². The predicted octanol–water partition coefficient (Wildman–Crippen LogP) is 3.49. The third-order valence-corrected chi connectivity index (χ3v) is 7.58. The van der Waals surface area contributed by atoms with Gasteiger partial charge in [-0.1, -0.05) is 24.3 Å². The average Bonchev–Trinajstić information content (AvgIpc) is 3.56. The molecule has 3 aliphatic rings. The zero-order valence-corrected chi connectivity index (χ0v) is 19.8. The Balaban J connectivity index is 1.20. The Morgan fingerprint density at radius 1 is 1.18 bits per heavy atom. The molecule has 0 saturated carbocycles. The normalized spacial score (nSPS) is 21.8. The van der Waals surface area contributed by atoms with Gasteiger partial charge in [-0.3, -0.25) is 5.10 Å². The second-order valence-electron chi connectivity index (χ2n) is 9.86. The zero-order valence-electron chi connectivity index (χ0n) is 19.8. The number of hydrogen-bond acceptors (Lipinski definition) is 4. The third-order valence-electron chi connectivity index (χ3n) is 7.58. The minimum absolute atomic E-state index is 0.0130. The highest BCUT2D eigenvalue weighted by molar-refractivity contribution is 5.76. The van der Waals surface area contributed by atoms with Crippen LogP contribution in [-0.4, -0.2) is 65.4 Å². The molecular weight excluding hydrogens is 426 g/mol. The van der Waals surface area contributed by atoms with E-state index in [0.29, 0.717) is 19.0 Å². The summed E-state index contributed by atoms with van der Waals surface area (Å²) in [4.78, 5) is 17.6. The molecule has 7 heteroatoms. The number of aryl methyl sites for hydroxylation is 1. The van der Waals surface area contributed by atoms with E-state index in [9.17, 15) is 4.79 Å². The van der Waals surface area contributed by atoms with Gasteiger partial charge in [0.2, 0.25) is 0 Å². The van der Waals surface area contributed by atoms with E-state index in [4.69, 9.17) is 4.74 Å². The summed E-state index contributed by atoms with van der Waals surface area (Å²) in [5.74, 6) is 1.27. The number of likely N-dealkylation sites (N-methyl/N-ethyl adjacent to an activating group) is 1. The number of carbonyl (C=O) groups is 1. The molecule has 0 spiro atoms. The van der Waals surface area contributed by atoms with Crippen LogP contribution in [0.1, 0.15) is 33.9 Å². The Labute approximate surface area is 200 Å². The first-order chi connectivity index (χ1) is 16.6. The van der Waals surface area contributed by atoms with Crippen LogP contribution in [0.2, 0.25) is 0 Å². The fourth-order valence-electron chi connectivity index (χ4n) is 5.76. The smallest absolute Gasteiger partial charge is 0.317 e. The van der Waals surface area contributed by atoms with Gasteiger partial charge in [0.25, 0.3) is 0 Å². The molecule has 1 fully saturated rings. The number of nitrogens with one attached hydrogen (secondary N) is 2. The van der Waals surface area contributed by atoms with Crippen LogP contribution in [0.4, 0.5) is 4.79 Å². The van der Waals surface area contributed by atoms with Crippen molar-refractivity contribution < 1.29 is 9.53 Å². The molecule has 0 aliphatic carbocycles. The van der Waals surface area contributed by atoms with Crippen LogP contribution in [0.25, 0.3) is 11.3 Å². The number of rotatable bonds is 3. The van der Waals surface area contributed by atoms with E-state index in [1.165, 1.54) is 16.7 Å². The van der Waals surface area contributed by atoms with Crippen LogP contribution in [0.15, 0.2) is 42.5 Å². The fourth-order valence-corrected chi connectivity index (χ4v) is 5.76. The number of ether oxygens (including phenoxy) is 1. The first kappa shape index (κ1) is 21.2. The van der Waals surface area contributed by atoms with Crippen molar-refractivity contribution in [1.29, 1.82) is 0 Å². The lowest BCUT2D eigenvalue weighted by Gasteiger charge is -2.30. The van der Waals surface area contributed by atoms with Gasteiger partial charge in [0.1, 0.15) is 5.75 Å². The highest BCUT2D eigenvalue weighted by Gasteiger charge is 2.35. The second kappa shape index (κ2) is 8.47. The van der Waals surface area contributed by atoms with Crippen molar-refractivity contribution in [3.63, 3.8) is 0 Å². The number of fused-ring (bicyclic) bond motifs is 2. The number of H-pyrrole nitrogens is 1. The number of nitrogens with zero attached hydrogens (tertiary/aromatic N) is 3. The number of carbonyl (C=O) groups excluding carboxylic acids is 1. The molecule has 3 aliphatic heterocycles. The highest BCUT2D eigenvalue weighted by atomic mass is 16.5. The number of benzene rings is 2. The molecular formula is C27H31N5O2. The lowest BCUT2D eigenvalue weighted by Crippen LogP contribution is -2.48. The van der Waals surface area contributed by atoms with E-state index < -0.39 is 0 Å². The van der Waals surface area contributed by atoms with E-state index in [-0.39, 0.29) is 12.1 Å². The first-order valence-electron chi connectivity index (χ1n) is 12.2. The van der Waals surface area contributed by atoms with E-state index in [1.807, 2.05) is 11.0 Å². The first-order valence-corrected chi connectivity index (χ1v) is 12.2. The molecule has 1 saturated heterocycles. The zero-order chi connectivity index (χ0) is 23.2. The van der Waals surface area contributed by atoms with Gasteiger partial charge < -0.3 is 19.9 Å². The van der Waals surface area contributed by atoms with Crippen LogP contribution >= 0.6 is 0 Å². The maximum Gasteiger partial charge on any atom is 0.317 e. The maximum atomic E-state index is 13.4. The summed E-state index contributed by atoms with van der Waals surface area (Å²) in [6.45, 7) is 5.97. The van der Waals surface area contributed by atoms with Crippen molar-refractivity contribution in [3.05, 3.63) is 70.4 Å². The monoisotopic (exact) mass is 457 g/mol. The lowest BCUT2D eigenvalue weighted by molar-refractivity contribution is 0.187. The molecule has 2 aromatic carbocycles. The van der Waals surface area contributed by atoms with Crippen molar-refractivity contribution in [1.82, 2.24) is 25.3 Å². The Morgan fingerprint density at radius 2 is 2.06 bits per heavy atom. The van der Waals surface area contributed by atoms with E-state index >= 15 is 0 Å². The van der Waals surface area contributed by atoms with E-state index in [1.54, 1.807) is 0 Å². The fraction of sp³-hybridized carbons (Fsp3) is 0.407. The standard InChI is InChI=1S/C27H31N5O2/c1-17-5-3-4-6-20(17)21-14-31(2)16-24(21)28-27(33)32-11-9-23-22(15-32)26(30-29-23)19-7-8-25-18(13-19)10-12-34-25/h3-8,13,21,24H,9-12,14-16H2,1-2H3,(H,28,33)(H,29,30)/t21-,24+/m0/s1. The number of urea groups is 1. The van der Waals surface area contributed by atoms with Gasteiger partial charge in [-0.15, -0.1) is 0 Å². The summed E-state index contributed by atoms with van der Waals surface area (Å²) in [6.07, 6.45) is 1.72. The largest absolute Gasteiger partial charge is 0.493 e. The van der Waals surface area contributed by atoms with Gasteiger partial charge in [-0.2, -0.15) is 5.10 Å². The lowest BCUT2D eigenvalue weighted by atomic mass is 9.91. The Kier molecular flexibility index (Phi) is 5.29. The van der Waals surface area contributed by atoms with Crippen molar-refractivity contribution in [2.24, 2.45) is 0 Å².